The van der Waals surface area contributed by atoms with Crippen molar-refractivity contribution in [2.75, 3.05) is 53.4 Å². The van der Waals surface area contributed by atoms with E-state index in [2.05, 4.69) is 0 Å². The minimum absolute atomic E-state index is 0.175. The molecule has 0 bridgehead atoms. The molecule has 2 N–H and O–H groups in total. The number of hydroxylamine groups is 4. The Morgan fingerprint density at radius 3 is 1.39 bits per heavy atom. The molecule has 8 heteroatoms. The fraction of sp³-hybridized carbons (Fsp3) is 0.800. The summed E-state index contributed by atoms with van der Waals surface area (Å²) in [4.78, 5) is 26.4. The van der Waals surface area contributed by atoms with Gasteiger partial charge in [0.15, 0.2) is 0 Å². The van der Waals surface area contributed by atoms with E-state index in [1.165, 1.54) is 14.1 Å². The maximum atomic E-state index is 11.3. The molecular formula is C10H20N4O4. The van der Waals surface area contributed by atoms with Crippen molar-refractivity contribution in [3.63, 3.8) is 0 Å². The van der Waals surface area contributed by atoms with E-state index in [0.717, 1.165) is 0 Å². The third-order valence-corrected chi connectivity index (χ3v) is 2.90. The van der Waals surface area contributed by atoms with Crippen molar-refractivity contribution >= 4 is 11.8 Å². The quantitative estimate of drug-likeness (QED) is 0.463. The zero-order chi connectivity index (χ0) is 13.7. The number of hydrogen-bond donors (Lipinski definition) is 2. The summed E-state index contributed by atoms with van der Waals surface area (Å²) in [7, 11) is 2.60. The zero-order valence-electron chi connectivity index (χ0n) is 10.7. The van der Waals surface area contributed by atoms with E-state index in [9.17, 15) is 9.59 Å². The molecule has 0 unspecified atom stereocenters. The van der Waals surface area contributed by atoms with E-state index in [0.29, 0.717) is 36.3 Å². The van der Waals surface area contributed by atoms with Gasteiger partial charge >= 0.3 is 0 Å². The van der Waals surface area contributed by atoms with Crippen LogP contribution in [0, 0.1) is 0 Å². The SMILES string of the molecule is CN(O)C(=O)CN1CCN(CC(=O)N(C)O)CC1. The molecule has 1 heterocycles. The van der Waals surface area contributed by atoms with Crippen LogP contribution in [0.5, 0.6) is 0 Å². The van der Waals surface area contributed by atoms with Gasteiger partial charge in [0.25, 0.3) is 11.8 Å². The summed E-state index contributed by atoms with van der Waals surface area (Å²) < 4.78 is 0. The van der Waals surface area contributed by atoms with Gasteiger partial charge in [0.1, 0.15) is 0 Å². The zero-order valence-corrected chi connectivity index (χ0v) is 10.7. The number of carbonyl (C=O) groups is 2. The first kappa shape index (κ1) is 14.8. The Morgan fingerprint density at radius 1 is 0.889 bits per heavy atom. The van der Waals surface area contributed by atoms with Gasteiger partial charge in [0.05, 0.1) is 13.1 Å². The van der Waals surface area contributed by atoms with Gasteiger partial charge in [-0.2, -0.15) is 0 Å². The van der Waals surface area contributed by atoms with Crippen LogP contribution in [0.1, 0.15) is 0 Å². The maximum absolute atomic E-state index is 11.3. The predicted molar refractivity (Wildman–Crippen MR) is 62.0 cm³/mol. The Labute approximate surface area is 106 Å². The highest BCUT2D eigenvalue weighted by molar-refractivity contribution is 5.77. The van der Waals surface area contributed by atoms with Gasteiger partial charge in [0.2, 0.25) is 0 Å². The van der Waals surface area contributed by atoms with E-state index in [1.807, 2.05) is 9.80 Å². The summed E-state index contributed by atoms with van der Waals surface area (Å²) in [6.07, 6.45) is 0. The Kier molecular flexibility index (Phi) is 5.48. The Morgan fingerprint density at radius 2 is 1.17 bits per heavy atom. The van der Waals surface area contributed by atoms with Crippen molar-refractivity contribution in [1.82, 2.24) is 19.9 Å². The molecule has 0 aromatic heterocycles. The van der Waals surface area contributed by atoms with Crippen molar-refractivity contribution in [2.45, 2.75) is 0 Å². The van der Waals surface area contributed by atoms with E-state index in [-0.39, 0.29) is 24.9 Å². The molecule has 2 amide bonds. The second kappa shape index (κ2) is 6.64. The van der Waals surface area contributed by atoms with Crippen LogP contribution in [0.4, 0.5) is 0 Å². The van der Waals surface area contributed by atoms with Crippen LogP contribution in [0.2, 0.25) is 0 Å². The van der Waals surface area contributed by atoms with Crippen molar-refractivity contribution in [3.05, 3.63) is 0 Å². The molecule has 1 fully saturated rings. The van der Waals surface area contributed by atoms with Gasteiger partial charge in [-0.15, -0.1) is 0 Å². The van der Waals surface area contributed by atoms with Gasteiger partial charge < -0.3 is 0 Å². The summed E-state index contributed by atoms with van der Waals surface area (Å²) in [5.74, 6) is -0.704. The summed E-state index contributed by atoms with van der Waals surface area (Å²) in [5, 5.41) is 19.1. The lowest BCUT2D eigenvalue weighted by Gasteiger charge is -2.34. The Balaban J connectivity index is 2.28. The van der Waals surface area contributed by atoms with Crippen molar-refractivity contribution < 1.29 is 20.0 Å². The monoisotopic (exact) mass is 260 g/mol. The number of rotatable bonds is 4. The van der Waals surface area contributed by atoms with Crippen LogP contribution in [0.15, 0.2) is 0 Å². The summed E-state index contributed by atoms with van der Waals surface area (Å²) in [6.45, 7) is 2.97. The summed E-state index contributed by atoms with van der Waals surface area (Å²) in [5.41, 5.74) is 0. The fourth-order valence-electron chi connectivity index (χ4n) is 1.69. The highest BCUT2D eigenvalue weighted by Crippen LogP contribution is 2.02. The van der Waals surface area contributed by atoms with Crippen molar-refractivity contribution in [3.8, 4) is 0 Å². The second-order valence-electron chi connectivity index (χ2n) is 4.39. The standard InChI is InChI=1S/C10H20N4O4/c1-11(17)9(15)7-13-3-5-14(6-4-13)8-10(16)12(2)18/h17-18H,3-8H2,1-2H3. The molecule has 1 aliphatic heterocycles. The molecule has 8 nitrogen and oxygen atoms in total. The average Bonchev–Trinajstić information content (AvgIpc) is 2.31. The average molecular weight is 260 g/mol. The molecular weight excluding hydrogens is 240 g/mol. The predicted octanol–water partition coefficient (Wildman–Crippen LogP) is -1.70. The normalized spacial score (nSPS) is 17.6. The van der Waals surface area contributed by atoms with Crippen LogP contribution < -0.4 is 0 Å². The number of carbonyl (C=O) groups excluding carboxylic acids is 2. The molecule has 0 radical (unpaired) electrons. The lowest BCUT2D eigenvalue weighted by molar-refractivity contribution is -0.162. The van der Waals surface area contributed by atoms with Gasteiger partial charge in [-0.25, -0.2) is 10.1 Å². The van der Waals surface area contributed by atoms with E-state index < -0.39 is 0 Å². The molecule has 1 rings (SSSR count). The first-order valence-electron chi connectivity index (χ1n) is 5.75. The third kappa shape index (κ3) is 4.57. The summed E-state index contributed by atoms with van der Waals surface area (Å²) in [6, 6.07) is 0. The Hall–Kier alpha value is -1.22. The van der Waals surface area contributed by atoms with E-state index in [4.69, 9.17) is 10.4 Å². The van der Waals surface area contributed by atoms with Crippen LogP contribution >= 0.6 is 0 Å². The molecule has 0 aliphatic carbocycles. The van der Waals surface area contributed by atoms with Crippen molar-refractivity contribution in [2.24, 2.45) is 0 Å². The van der Waals surface area contributed by atoms with Gasteiger partial charge in [-0.05, 0) is 0 Å². The lowest BCUT2D eigenvalue weighted by atomic mass is 10.3. The first-order chi connectivity index (χ1) is 8.40. The van der Waals surface area contributed by atoms with Gasteiger partial charge in [0, 0.05) is 40.3 Å². The topological polar surface area (TPSA) is 87.6 Å². The molecule has 104 valence electrons. The minimum atomic E-state index is -0.352. The van der Waals surface area contributed by atoms with E-state index in [1.54, 1.807) is 0 Å². The van der Waals surface area contributed by atoms with Crippen LogP contribution in [-0.4, -0.2) is 95.5 Å². The summed E-state index contributed by atoms with van der Waals surface area (Å²) >= 11 is 0. The number of nitrogens with zero attached hydrogens (tertiary/aromatic N) is 4. The van der Waals surface area contributed by atoms with Gasteiger partial charge in [-0.1, -0.05) is 0 Å². The van der Waals surface area contributed by atoms with Gasteiger partial charge in [-0.3, -0.25) is 29.8 Å². The minimum Gasteiger partial charge on any atom is -0.292 e. The van der Waals surface area contributed by atoms with E-state index >= 15 is 0 Å². The van der Waals surface area contributed by atoms with Crippen molar-refractivity contribution in [1.29, 1.82) is 0 Å². The second-order valence-corrected chi connectivity index (χ2v) is 4.39. The molecule has 0 aromatic carbocycles. The molecule has 1 saturated heterocycles. The molecule has 0 saturated carbocycles. The molecule has 0 atom stereocenters. The van der Waals surface area contributed by atoms with Crippen LogP contribution in [-0.2, 0) is 9.59 Å². The number of piperazine rings is 1. The smallest absolute Gasteiger partial charge is 0.259 e. The molecule has 18 heavy (non-hydrogen) atoms. The fourth-order valence-corrected chi connectivity index (χ4v) is 1.69. The third-order valence-electron chi connectivity index (χ3n) is 2.90. The molecule has 0 aromatic rings. The highest BCUT2D eigenvalue weighted by Gasteiger charge is 2.22. The molecule has 0 spiro atoms. The Bertz CT molecular complexity index is 270. The van der Waals surface area contributed by atoms with Crippen LogP contribution in [0.25, 0.3) is 0 Å². The molecule has 1 aliphatic rings. The highest BCUT2D eigenvalue weighted by atomic mass is 16.5. The largest absolute Gasteiger partial charge is 0.292 e. The number of likely N-dealkylation sites (N-methyl/N-ethyl adjacent to an activating group) is 2. The first-order valence-corrected chi connectivity index (χ1v) is 5.75. The lowest BCUT2D eigenvalue weighted by Crippen LogP contribution is -2.51. The number of amides is 2. The van der Waals surface area contributed by atoms with Crippen LogP contribution in [0.3, 0.4) is 0 Å². The number of hydrogen-bond acceptors (Lipinski definition) is 6. The maximum Gasteiger partial charge on any atom is 0.259 e.